The molecule has 1 fully saturated rings. The third kappa shape index (κ3) is 3.40. The normalized spacial score (nSPS) is 19.5. The summed E-state index contributed by atoms with van der Waals surface area (Å²) in [4.78, 5) is 12.0. The largest absolute Gasteiger partial charge is 0.314 e. The quantitative estimate of drug-likeness (QED) is 0.789. The predicted molar refractivity (Wildman–Crippen MR) is 70.4 cm³/mol. The Balaban J connectivity index is 1.93. The highest BCUT2D eigenvalue weighted by atomic mass is 16.1. The van der Waals surface area contributed by atoms with Gasteiger partial charge in [-0.25, -0.2) is 0 Å². The highest BCUT2D eigenvalue weighted by Crippen LogP contribution is 2.14. The van der Waals surface area contributed by atoms with Crippen LogP contribution in [0.15, 0.2) is 24.3 Å². The molecule has 0 spiro atoms. The van der Waals surface area contributed by atoms with Crippen LogP contribution in [-0.4, -0.2) is 18.4 Å². The van der Waals surface area contributed by atoms with Crippen molar-refractivity contribution in [1.82, 2.24) is 5.32 Å². The molecular formula is C15H21NO. The average molecular weight is 231 g/mol. The molecule has 0 aromatic heterocycles. The second kappa shape index (κ2) is 5.97. The van der Waals surface area contributed by atoms with E-state index in [-0.39, 0.29) is 5.78 Å². The van der Waals surface area contributed by atoms with Crippen molar-refractivity contribution in [1.29, 1.82) is 0 Å². The first kappa shape index (κ1) is 12.3. The monoisotopic (exact) mass is 231 g/mol. The summed E-state index contributed by atoms with van der Waals surface area (Å²) in [7, 11) is 0. The van der Waals surface area contributed by atoms with Gasteiger partial charge >= 0.3 is 0 Å². The molecular weight excluding hydrogens is 210 g/mol. The summed E-state index contributed by atoms with van der Waals surface area (Å²) in [5.41, 5.74) is 2.18. The van der Waals surface area contributed by atoms with E-state index < -0.39 is 0 Å². The van der Waals surface area contributed by atoms with Gasteiger partial charge in [-0.1, -0.05) is 37.6 Å². The summed E-state index contributed by atoms with van der Waals surface area (Å²) < 4.78 is 0. The summed E-state index contributed by atoms with van der Waals surface area (Å²) in [5.74, 6) is 0.271. The molecule has 1 aromatic rings. The molecule has 2 rings (SSSR count). The Morgan fingerprint density at radius 1 is 1.35 bits per heavy atom. The fraction of sp³-hybridized carbons (Fsp3) is 0.533. The van der Waals surface area contributed by atoms with E-state index in [0.29, 0.717) is 12.5 Å². The minimum atomic E-state index is 0.271. The van der Waals surface area contributed by atoms with Crippen molar-refractivity contribution in [3.63, 3.8) is 0 Å². The summed E-state index contributed by atoms with van der Waals surface area (Å²) in [6.45, 7) is 3.23. The average Bonchev–Trinajstić information content (AvgIpc) is 2.83. The summed E-state index contributed by atoms with van der Waals surface area (Å²) in [6, 6.07) is 8.51. The Bertz CT molecular complexity index is 363. The van der Waals surface area contributed by atoms with Gasteiger partial charge < -0.3 is 5.32 Å². The zero-order valence-electron chi connectivity index (χ0n) is 10.5. The van der Waals surface area contributed by atoms with Gasteiger partial charge in [0.2, 0.25) is 0 Å². The molecule has 1 atom stereocenters. The van der Waals surface area contributed by atoms with Crippen LogP contribution in [0.4, 0.5) is 0 Å². The second-order valence-corrected chi connectivity index (χ2v) is 4.87. The highest BCUT2D eigenvalue weighted by Gasteiger charge is 2.18. The van der Waals surface area contributed by atoms with Crippen molar-refractivity contribution in [3.05, 3.63) is 35.4 Å². The van der Waals surface area contributed by atoms with Crippen molar-refractivity contribution >= 4 is 5.78 Å². The number of nitrogens with one attached hydrogen (secondary N) is 1. The SMILES string of the molecule is CCCc1ccc(C(=O)CC2CCCN2)cc1. The Kier molecular flexibility index (Phi) is 4.32. The smallest absolute Gasteiger partial charge is 0.164 e. The minimum Gasteiger partial charge on any atom is -0.314 e. The Morgan fingerprint density at radius 3 is 2.71 bits per heavy atom. The molecule has 0 aliphatic carbocycles. The second-order valence-electron chi connectivity index (χ2n) is 4.87. The van der Waals surface area contributed by atoms with Crippen LogP contribution in [0.25, 0.3) is 0 Å². The number of benzene rings is 1. The number of aryl methyl sites for hydroxylation is 1. The van der Waals surface area contributed by atoms with E-state index in [1.807, 2.05) is 12.1 Å². The lowest BCUT2D eigenvalue weighted by Crippen LogP contribution is -2.24. The van der Waals surface area contributed by atoms with Gasteiger partial charge in [0.25, 0.3) is 0 Å². The molecule has 2 nitrogen and oxygen atoms in total. The van der Waals surface area contributed by atoms with Gasteiger partial charge in [-0.05, 0) is 31.4 Å². The van der Waals surface area contributed by atoms with Crippen molar-refractivity contribution in [2.75, 3.05) is 6.54 Å². The van der Waals surface area contributed by atoms with E-state index in [2.05, 4.69) is 24.4 Å². The van der Waals surface area contributed by atoms with Gasteiger partial charge in [0.1, 0.15) is 0 Å². The van der Waals surface area contributed by atoms with Crippen LogP contribution < -0.4 is 5.32 Å². The van der Waals surface area contributed by atoms with Crippen molar-refractivity contribution < 1.29 is 4.79 Å². The van der Waals surface area contributed by atoms with Crippen LogP contribution in [0.3, 0.4) is 0 Å². The first-order chi connectivity index (χ1) is 8.29. The molecule has 1 heterocycles. The molecule has 0 saturated carbocycles. The molecule has 1 aliphatic rings. The lowest BCUT2D eigenvalue weighted by molar-refractivity contribution is 0.0971. The summed E-state index contributed by atoms with van der Waals surface area (Å²) in [6.07, 6.45) is 5.23. The van der Waals surface area contributed by atoms with Crippen molar-refractivity contribution in [3.8, 4) is 0 Å². The predicted octanol–water partition coefficient (Wildman–Crippen LogP) is 2.96. The minimum absolute atomic E-state index is 0.271. The molecule has 0 bridgehead atoms. The first-order valence-electron chi connectivity index (χ1n) is 6.65. The number of hydrogen-bond acceptors (Lipinski definition) is 2. The van der Waals surface area contributed by atoms with E-state index in [1.54, 1.807) is 0 Å². The van der Waals surface area contributed by atoms with Gasteiger partial charge in [-0.15, -0.1) is 0 Å². The van der Waals surface area contributed by atoms with Gasteiger partial charge in [-0.3, -0.25) is 4.79 Å². The van der Waals surface area contributed by atoms with Crippen LogP contribution >= 0.6 is 0 Å². The molecule has 1 unspecified atom stereocenters. The maximum atomic E-state index is 12.0. The third-order valence-corrected chi connectivity index (χ3v) is 3.41. The number of ketones is 1. The number of carbonyl (C=O) groups is 1. The zero-order chi connectivity index (χ0) is 12.1. The molecule has 17 heavy (non-hydrogen) atoms. The maximum Gasteiger partial charge on any atom is 0.164 e. The lowest BCUT2D eigenvalue weighted by atomic mass is 10.0. The van der Waals surface area contributed by atoms with E-state index >= 15 is 0 Å². The first-order valence-corrected chi connectivity index (χ1v) is 6.65. The molecule has 0 amide bonds. The van der Waals surface area contributed by atoms with Gasteiger partial charge in [-0.2, -0.15) is 0 Å². The Morgan fingerprint density at radius 2 is 2.12 bits per heavy atom. The molecule has 1 saturated heterocycles. The van der Waals surface area contributed by atoms with Gasteiger partial charge in [0.05, 0.1) is 0 Å². The van der Waals surface area contributed by atoms with Crippen molar-refractivity contribution in [2.45, 2.75) is 45.1 Å². The number of hydrogen-bond donors (Lipinski definition) is 1. The van der Waals surface area contributed by atoms with Crippen LogP contribution in [0.1, 0.15) is 48.5 Å². The van der Waals surface area contributed by atoms with Crippen LogP contribution in [0.2, 0.25) is 0 Å². The standard InChI is InChI=1S/C15H21NO/c1-2-4-12-6-8-13(9-7-12)15(17)11-14-5-3-10-16-14/h6-9,14,16H,2-5,10-11H2,1H3. The van der Waals surface area contributed by atoms with Crippen molar-refractivity contribution in [2.24, 2.45) is 0 Å². The molecule has 1 aliphatic heterocycles. The van der Waals surface area contributed by atoms with Crippen LogP contribution in [0, 0.1) is 0 Å². The summed E-state index contributed by atoms with van der Waals surface area (Å²) >= 11 is 0. The molecule has 1 N–H and O–H groups in total. The third-order valence-electron chi connectivity index (χ3n) is 3.41. The fourth-order valence-corrected chi connectivity index (χ4v) is 2.42. The molecule has 92 valence electrons. The number of carbonyl (C=O) groups excluding carboxylic acids is 1. The number of Topliss-reactive ketones (excluding diaryl/α,β-unsaturated/α-hetero) is 1. The van der Waals surface area contributed by atoms with E-state index in [4.69, 9.17) is 0 Å². The van der Waals surface area contributed by atoms with Gasteiger partial charge in [0, 0.05) is 18.0 Å². The van der Waals surface area contributed by atoms with E-state index in [1.165, 1.54) is 12.0 Å². The van der Waals surface area contributed by atoms with E-state index in [0.717, 1.165) is 31.4 Å². The highest BCUT2D eigenvalue weighted by molar-refractivity contribution is 5.96. The molecule has 1 aromatic carbocycles. The number of rotatable bonds is 5. The van der Waals surface area contributed by atoms with Crippen LogP contribution in [-0.2, 0) is 6.42 Å². The topological polar surface area (TPSA) is 29.1 Å². The maximum absolute atomic E-state index is 12.0. The molecule has 2 heteroatoms. The lowest BCUT2D eigenvalue weighted by Gasteiger charge is -2.09. The summed E-state index contributed by atoms with van der Waals surface area (Å²) in [5, 5.41) is 3.37. The van der Waals surface area contributed by atoms with Crippen LogP contribution in [0.5, 0.6) is 0 Å². The van der Waals surface area contributed by atoms with Gasteiger partial charge in [0.15, 0.2) is 5.78 Å². The fourth-order valence-electron chi connectivity index (χ4n) is 2.42. The van der Waals surface area contributed by atoms with E-state index in [9.17, 15) is 4.79 Å². The zero-order valence-corrected chi connectivity index (χ0v) is 10.5. The Hall–Kier alpha value is -1.15. The molecule has 0 radical (unpaired) electrons. The Labute approximate surface area is 103 Å².